The third-order valence-electron chi connectivity index (χ3n) is 2.42. The van der Waals surface area contributed by atoms with E-state index in [-0.39, 0.29) is 18.4 Å². The van der Waals surface area contributed by atoms with Gasteiger partial charge < -0.3 is 19.9 Å². The molecule has 0 fully saturated rings. The average molecular weight is 296 g/mol. The van der Waals surface area contributed by atoms with Crippen LogP contribution in [0.5, 0.6) is 17.2 Å². The normalized spacial score (nSPS) is 11.4. The average Bonchev–Trinajstić information content (AvgIpc) is 2.37. The Morgan fingerprint density at radius 2 is 1.61 bits per heavy atom. The van der Waals surface area contributed by atoms with E-state index in [0.717, 1.165) is 5.56 Å². The lowest BCUT2D eigenvalue weighted by atomic mass is 10.1. The van der Waals surface area contributed by atoms with Crippen LogP contribution in [0.1, 0.15) is 5.56 Å². The van der Waals surface area contributed by atoms with Gasteiger partial charge in [0.2, 0.25) is 5.75 Å². The summed E-state index contributed by atoms with van der Waals surface area (Å²) in [4.78, 5) is 0. The molecule has 2 N–H and O–H groups in total. The summed E-state index contributed by atoms with van der Waals surface area (Å²) >= 11 is 5.70. The molecule has 0 saturated carbocycles. The van der Waals surface area contributed by atoms with Gasteiger partial charge in [-0.05, 0) is 24.1 Å². The molecule has 1 aromatic carbocycles. The molecule has 18 heavy (non-hydrogen) atoms. The van der Waals surface area contributed by atoms with E-state index in [4.69, 9.17) is 31.5 Å². The molecule has 1 rings (SSSR count). The smallest absolute Gasteiger partial charge is 0.203 e. The minimum atomic E-state index is -0.0838. The second-order valence-electron chi connectivity index (χ2n) is 3.65. The van der Waals surface area contributed by atoms with E-state index in [1.807, 2.05) is 12.1 Å². The number of ether oxygens (including phenoxy) is 3. The van der Waals surface area contributed by atoms with Crippen molar-refractivity contribution in [3.8, 4) is 17.2 Å². The van der Waals surface area contributed by atoms with Gasteiger partial charge in [-0.2, -0.15) is 0 Å². The number of rotatable bonds is 6. The Kier molecular flexibility index (Phi) is 7.91. The quantitative estimate of drug-likeness (QED) is 0.818. The van der Waals surface area contributed by atoms with E-state index in [9.17, 15) is 0 Å². The van der Waals surface area contributed by atoms with Crippen LogP contribution in [0, 0.1) is 0 Å². The van der Waals surface area contributed by atoms with Crippen molar-refractivity contribution in [2.45, 2.75) is 12.5 Å². The van der Waals surface area contributed by atoms with Crippen LogP contribution in [0.25, 0.3) is 0 Å². The number of hydrogen-bond donors (Lipinski definition) is 1. The van der Waals surface area contributed by atoms with Crippen molar-refractivity contribution < 1.29 is 14.2 Å². The highest BCUT2D eigenvalue weighted by Crippen LogP contribution is 2.38. The molecule has 1 unspecified atom stereocenters. The Hall–Kier alpha value is -0.840. The summed E-state index contributed by atoms with van der Waals surface area (Å²) in [5, 5.41) is 0. The van der Waals surface area contributed by atoms with E-state index in [1.54, 1.807) is 21.3 Å². The molecule has 6 heteroatoms. The fourth-order valence-electron chi connectivity index (χ4n) is 1.61. The molecule has 1 aromatic rings. The standard InChI is InChI=1S/C12H18ClNO3.ClH/c1-15-10-5-8(4-9(14)7-13)6-11(16-2)12(10)17-3;/h5-6,9H,4,7,14H2,1-3H3;1H. The molecule has 0 aromatic heterocycles. The maximum atomic E-state index is 5.81. The summed E-state index contributed by atoms with van der Waals surface area (Å²) in [5.41, 5.74) is 6.82. The van der Waals surface area contributed by atoms with Gasteiger partial charge in [0.05, 0.1) is 21.3 Å². The van der Waals surface area contributed by atoms with Crippen molar-refractivity contribution in [3.05, 3.63) is 17.7 Å². The van der Waals surface area contributed by atoms with Gasteiger partial charge in [-0.25, -0.2) is 0 Å². The van der Waals surface area contributed by atoms with E-state index < -0.39 is 0 Å². The lowest BCUT2D eigenvalue weighted by Crippen LogP contribution is -2.24. The molecule has 0 spiro atoms. The van der Waals surface area contributed by atoms with Gasteiger partial charge in [-0.3, -0.25) is 0 Å². The molecule has 0 bridgehead atoms. The molecular weight excluding hydrogens is 277 g/mol. The summed E-state index contributed by atoms with van der Waals surface area (Å²) < 4.78 is 15.7. The molecule has 0 amide bonds. The van der Waals surface area contributed by atoms with E-state index in [0.29, 0.717) is 29.5 Å². The summed E-state index contributed by atoms with van der Waals surface area (Å²) in [5.74, 6) is 2.25. The zero-order chi connectivity index (χ0) is 12.8. The molecule has 0 saturated heterocycles. The molecule has 0 radical (unpaired) electrons. The predicted octanol–water partition coefficient (Wildman–Crippen LogP) is 2.24. The van der Waals surface area contributed by atoms with Crippen LogP contribution in [0.2, 0.25) is 0 Å². The largest absolute Gasteiger partial charge is 0.493 e. The van der Waals surface area contributed by atoms with Crippen LogP contribution in [0.4, 0.5) is 0 Å². The first-order chi connectivity index (χ1) is 8.15. The molecule has 104 valence electrons. The van der Waals surface area contributed by atoms with Crippen LogP contribution in [-0.2, 0) is 6.42 Å². The number of alkyl halides is 1. The Bertz CT molecular complexity index is 349. The second-order valence-corrected chi connectivity index (χ2v) is 3.96. The zero-order valence-electron chi connectivity index (χ0n) is 10.7. The zero-order valence-corrected chi connectivity index (χ0v) is 12.3. The van der Waals surface area contributed by atoms with Crippen molar-refractivity contribution in [2.24, 2.45) is 5.73 Å². The van der Waals surface area contributed by atoms with Crippen molar-refractivity contribution >= 4 is 24.0 Å². The van der Waals surface area contributed by atoms with Gasteiger partial charge in [0.1, 0.15) is 0 Å². The highest BCUT2D eigenvalue weighted by Gasteiger charge is 2.14. The molecule has 0 aliphatic heterocycles. The van der Waals surface area contributed by atoms with Gasteiger partial charge in [0, 0.05) is 11.9 Å². The Morgan fingerprint density at radius 1 is 1.11 bits per heavy atom. The number of methoxy groups -OCH3 is 3. The van der Waals surface area contributed by atoms with Gasteiger partial charge in [-0.15, -0.1) is 24.0 Å². The molecule has 0 aliphatic rings. The highest BCUT2D eigenvalue weighted by molar-refractivity contribution is 6.18. The van der Waals surface area contributed by atoms with E-state index >= 15 is 0 Å². The molecule has 0 heterocycles. The van der Waals surface area contributed by atoms with Crippen LogP contribution < -0.4 is 19.9 Å². The molecule has 4 nitrogen and oxygen atoms in total. The molecule has 1 atom stereocenters. The van der Waals surface area contributed by atoms with E-state index in [2.05, 4.69) is 0 Å². The van der Waals surface area contributed by atoms with Gasteiger partial charge in [0.25, 0.3) is 0 Å². The van der Waals surface area contributed by atoms with Crippen molar-refractivity contribution in [2.75, 3.05) is 27.2 Å². The van der Waals surface area contributed by atoms with Crippen LogP contribution in [0.15, 0.2) is 12.1 Å². The van der Waals surface area contributed by atoms with Gasteiger partial charge in [0.15, 0.2) is 11.5 Å². The highest BCUT2D eigenvalue weighted by atomic mass is 35.5. The first kappa shape index (κ1) is 17.2. The Balaban J connectivity index is 0.00000289. The minimum Gasteiger partial charge on any atom is -0.493 e. The van der Waals surface area contributed by atoms with Crippen LogP contribution in [0.3, 0.4) is 0 Å². The third kappa shape index (κ3) is 4.12. The lowest BCUT2D eigenvalue weighted by Gasteiger charge is -2.15. The fraction of sp³-hybridized carbons (Fsp3) is 0.500. The predicted molar refractivity (Wildman–Crippen MR) is 75.7 cm³/mol. The lowest BCUT2D eigenvalue weighted by molar-refractivity contribution is 0.323. The van der Waals surface area contributed by atoms with E-state index in [1.165, 1.54) is 0 Å². The van der Waals surface area contributed by atoms with Crippen molar-refractivity contribution in [3.63, 3.8) is 0 Å². The van der Waals surface area contributed by atoms with Crippen molar-refractivity contribution in [1.82, 2.24) is 0 Å². The fourth-order valence-corrected chi connectivity index (χ4v) is 1.72. The summed E-state index contributed by atoms with van der Waals surface area (Å²) in [6, 6.07) is 3.68. The molecular formula is C12H19Cl2NO3. The van der Waals surface area contributed by atoms with Gasteiger partial charge >= 0.3 is 0 Å². The summed E-state index contributed by atoms with van der Waals surface area (Å²) in [7, 11) is 4.75. The Labute approximate surface area is 119 Å². The minimum absolute atomic E-state index is 0. The van der Waals surface area contributed by atoms with Crippen LogP contribution >= 0.6 is 24.0 Å². The van der Waals surface area contributed by atoms with Crippen LogP contribution in [-0.4, -0.2) is 33.3 Å². The Morgan fingerprint density at radius 3 is 1.94 bits per heavy atom. The number of hydrogen-bond acceptors (Lipinski definition) is 4. The summed E-state index contributed by atoms with van der Waals surface area (Å²) in [6.07, 6.45) is 0.667. The first-order valence-corrected chi connectivity index (χ1v) is 5.80. The topological polar surface area (TPSA) is 53.7 Å². The first-order valence-electron chi connectivity index (χ1n) is 5.26. The second kappa shape index (κ2) is 8.29. The third-order valence-corrected chi connectivity index (χ3v) is 2.82. The maximum absolute atomic E-state index is 5.81. The SMILES string of the molecule is COc1cc(CC(N)CCl)cc(OC)c1OC.Cl. The molecule has 0 aliphatic carbocycles. The number of benzene rings is 1. The number of halogens is 2. The monoisotopic (exact) mass is 295 g/mol. The summed E-state index contributed by atoms with van der Waals surface area (Å²) in [6.45, 7) is 0. The number of nitrogens with two attached hydrogens (primary N) is 1. The van der Waals surface area contributed by atoms with Crippen molar-refractivity contribution in [1.29, 1.82) is 0 Å². The maximum Gasteiger partial charge on any atom is 0.203 e. The van der Waals surface area contributed by atoms with Gasteiger partial charge in [-0.1, -0.05) is 0 Å².